The Labute approximate surface area is 129 Å². The van der Waals surface area contributed by atoms with E-state index in [-0.39, 0.29) is 0 Å². The fourth-order valence-electron chi connectivity index (χ4n) is 4.21. The summed E-state index contributed by atoms with van der Waals surface area (Å²) in [6, 6.07) is 9.70. The molecular weight excluding hydrogens is 256 g/mol. The van der Waals surface area contributed by atoms with Gasteiger partial charge in [-0.25, -0.2) is 0 Å². The van der Waals surface area contributed by atoms with Crippen LogP contribution in [0.5, 0.6) is 0 Å². The van der Waals surface area contributed by atoms with Crippen molar-refractivity contribution >= 4 is 0 Å². The number of likely N-dealkylation sites (tertiary alicyclic amines) is 1. The molecule has 1 aromatic carbocycles. The number of nitrogens with zero attached hydrogens (tertiary/aromatic N) is 1. The lowest BCUT2D eigenvalue weighted by Crippen LogP contribution is -2.31. The lowest BCUT2D eigenvalue weighted by molar-refractivity contribution is 0.193. The van der Waals surface area contributed by atoms with Crippen LogP contribution >= 0.6 is 0 Å². The second kappa shape index (κ2) is 7.42. The summed E-state index contributed by atoms with van der Waals surface area (Å²) in [7, 11) is 0. The topological polar surface area (TPSA) is 15.3 Å². The molecule has 116 valence electrons. The molecule has 1 fully saturated rings. The van der Waals surface area contributed by atoms with Crippen molar-refractivity contribution in [2.45, 2.75) is 58.0 Å². The van der Waals surface area contributed by atoms with Gasteiger partial charge in [0.1, 0.15) is 0 Å². The van der Waals surface area contributed by atoms with Gasteiger partial charge >= 0.3 is 0 Å². The fourth-order valence-corrected chi connectivity index (χ4v) is 4.21. The smallest absolute Gasteiger partial charge is 0.0363 e. The van der Waals surface area contributed by atoms with Gasteiger partial charge < -0.3 is 5.32 Å². The first-order valence-corrected chi connectivity index (χ1v) is 8.91. The summed E-state index contributed by atoms with van der Waals surface area (Å²) in [5, 5.41) is 3.59. The molecule has 21 heavy (non-hydrogen) atoms. The van der Waals surface area contributed by atoms with E-state index in [0.717, 1.165) is 19.0 Å². The van der Waals surface area contributed by atoms with E-state index in [9.17, 15) is 0 Å². The second-order valence-corrected chi connectivity index (χ2v) is 6.80. The predicted molar refractivity (Wildman–Crippen MR) is 89.3 cm³/mol. The van der Waals surface area contributed by atoms with E-state index in [1.54, 1.807) is 5.56 Å². The van der Waals surface area contributed by atoms with Crippen LogP contribution in [0.4, 0.5) is 0 Å². The molecule has 2 nitrogen and oxygen atoms in total. The third-order valence-electron chi connectivity index (χ3n) is 5.34. The number of rotatable bonds is 3. The van der Waals surface area contributed by atoms with Crippen LogP contribution in [-0.2, 0) is 6.54 Å². The average Bonchev–Trinajstić information content (AvgIpc) is 2.86. The first-order chi connectivity index (χ1) is 10.4. The highest BCUT2D eigenvalue weighted by molar-refractivity contribution is 5.31. The summed E-state index contributed by atoms with van der Waals surface area (Å²) >= 11 is 0. The molecule has 2 unspecified atom stereocenters. The molecule has 0 spiro atoms. The summed E-state index contributed by atoms with van der Waals surface area (Å²) < 4.78 is 0. The minimum Gasteiger partial charge on any atom is -0.313 e. The van der Waals surface area contributed by atoms with Crippen molar-refractivity contribution in [1.29, 1.82) is 0 Å². The van der Waals surface area contributed by atoms with Gasteiger partial charge in [-0.15, -0.1) is 0 Å². The van der Waals surface area contributed by atoms with E-state index in [1.807, 2.05) is 0 Å². The van der Waals surface area contributed by atoms with E-state index in [0.29, 0.717) is 6.04 Å². The lowest BCUT2D eigenvalue weighted by atomic mass is 9.95. The van der Waals surface area contributed by atoms with E-state index in [4.69, 9.17) is 0 Å². The maximum atomic E-state index is 3.59. The second-order valence-electron chi connectivity index (χ2n) is 6.80. The summed E-state index contributed by atoms with van der Waals surface area (Å²) in [6.45, 7) is 7.10. The standard InChI is InChI=1S/C19H30N2/c1-2-6-16-7-5-13-21(14-11-16)19-10-12-20-15-17-8-3-4-9-18(17)19/h3-4,8-9,16,19-20H,2,5-7,10-15H2,1H3. The van der Waals surface area contributed by atoms with Crippen LogP contribution in [0.25, 0.3) is 0 Å². The van der Waals surface area contributed by atoms with E-state index in [1.165, 1.54) is 57.2 Å². The molecule has 0 bridgehead atoms. The number of hydrogen-bond donors (Lipinski definition) is 1. The summed E-state index contributed by atoms with van der Waals surface area (Å²) in [4.78, 5) is 2.78. The van der Waals surface area contributed by atoms with Gasteiger partial charge in [0.25, 0.3) is 0 Å². The van der Waals surface area contributed by atoms with Crippen LogP contribution in [0.1, 0.15) is 62.6 Å². The minimum absolute atomic E-state index is 0.636. The molecular formula is C19H30N2. The van der Waals surface area contributed by atoms with Crippen molar-refractivity contribution in [1.82, 2.24) is 10.2 Å². The van der Waals surface area contributed by atoms with Crippen molar-refractivity contribution in [2.75, 3.05) is 19.6 Å². The van der Waals surface area contributed by atoms with Gasteiger partial charge in [0, 0.05) is 12.6 Å². The highest BCUT2D eigenvalue weighted by Crippen LogP contribution is 2.32. The van der Waals surface area contributed by atoms with Crippen LogP contribution in [0, 0.1) is 5.92 Å². The molecule has 2 atom stereocenters. The Kier molecular flexibility index (Phi) is 5.32. The molecule has 0 amide bonds. The molecule has 2 aliphatic heterocycles. The van der Waals surface area contributed by atoms with Gasteiger partial charge in [-0.2, -0.15) is 0 Å². The molecule has 0 aliphatic carbocycles. The maximum absolute atomic E-state index is 3.59. The van der Waals surface area contributed by atoms with Crippen LogP contribution in [-0.4, -0.2) is 24.5 Å². The van der Waals surface area contributed by atoms with Crippen molar-refractivity contribution < 1.29 is 0 Å². The lowest BCUT2D eigenvalue weighted by Gasteiger charge is -2.31. The first kappa shape index (κ1) is 15.1. The molecule has 2 heterocycles. The molecule has 1 N–H and O–H groups in total. The largest absolute Gasteiger partial charge is 0.313 e. The van der Waals surface area contributed by atoms with Gasteiger partial charge in [-0.05, 0) is 62.4 Å². The zero-order chi connectivity index (χ0) is 14.5. The number of nitrogens with one attached hydrogen (secondary N) is 1. The number of fused-ring (bicyclic) bond motifs is 1. The van der Waals surface area contributed by atoms with Crippen molar-refractivity contribution in [2.24, 2.45) is 5.92 Å². The Morgan fingerprint density at radius 2 is 2.05 bits per heavy atom. The molecule has 2 heteroatoms. The van der Waals surface area contributed by atoms with Crippen molar-refractivity contribution in [3.63, 3.8) is 0 Å². The highest BCUT2D eigenvalue weighted by Gasteiger charge is 2.26. The maximum Gasteiger partial charge on any atom is 0.0363 e. The zero-order valence-corrected chi connectivity index (χ0v) is 13.5. The SMILES string of the molecule is CCCC1CCCN(C2CCNCc3ccccc32)CC1. The molecule has 0 radical (unpaired) electrons. The Hall–Kier alpha value is -0.860. The predicted octanol–water partition coefficient (Wildman–Crippen LogP) is 4.12. The van der Waals surface area contributed by atoms with Gasteiger partial charge in [0.2, 0.25) is 0 Å². The highest BCUT2D eigenvalue weighted by atomic mass is 15.2. The normalized spacial score (nSPS) is 27.7. The summed E-state index contributed by atoms with van der Waals surface area (Å²) in [5.74, 6) is 0.971. The molecule has 3 rings (SSSR count). The molecule has 2 aliphatic rings. The quantitative estimate of drug-likeness (QED) is 0.899. The first-order valence-electron chi connectivity index (χ1n) is 8.91. The molecule has 1 saturated heterocycles. The van der Waals surface area contributed by atoms with Crippen molar-refractivity contribution in [3.8, 4) is 0 Å². The van der Waals surface area contributed by atoms with Crippen LogP contribution in [0.15, 0.2) is 24.3 Å². The van der Waals surface area contributed by atoms with Gasteiger partial charge in [0.05, 0.1) is 0 Å². The Morgan fingerprint density at radius 3 is 2.95 bits per heavy atom. The van der Waals surface area contributed by atoms with Crippen LogP contribution in [0.3, 0.4) is 0 Å². The third-order valence-corrected chi connectivity index (χ3v) is 5.34. The van der Waals surface area contributed by atoms with E-state index >= 15 is 0 Å². The fraction of sp³-hybridized carbons (Fsp3) is 0.684. The van der Waals surface area contributed by atoms with E-state index < -0.39 is 0 Å². The summed E-state index contributed by atoms with van der Waals surface area (Å²) in [6.07, 6.45) is 8.26. The van der Waals surface area contributed by atoms with Gasteiger partial charge in [-0.3, -0.25) is 4.90 Å². The van der Waals surface area contributed by atoms with Crippen LogP contribution < -0.4 is 5.32 Å². The van der Waals surface area contributed by atoms with Gasteiger partial charge in [0.15, 0.2) is 0 Å². The van der Waals surface area contributed by atoms with E-state index in [2.05, 4.69) is 41.4 Å². The Bertz CT molecular complexity index is 443. The molecule has 1 aromatic rings. The van der Waals surface area contributed by atoms with Crippen molar-refractivity contribution in [3.05, 3.63) is 35.4 Å². The third kappa shape index (κ3) is 3.67. The minimum atomic E-state index is 0.636. The Balaban J connectivity index is 1.74. The molecule has 0 saturated carbocycles. The van der Waals surface area contributed by atoms with Crippen LogP contribution in [0.2, 0.25) is 0 Å². The Morgan fingerprint density at radius 1 is 1.14 bits per heavy atom. The van der Waals surface area contributed by atoms with Gasteiger partial charge in [-0.1, -0.05) is 44.0 Å². The molecule has 0 aromatic heterocycles. The average molecular weight is 286 g/mol. The zero-order valence-electron chi connectivity index (χ0n) is 13.5. The number of benzene rings is 1. The monoisotopic (exact) mass is 286 g/mol. The summed E-state index contributed by atoms with van der Waals surface area (Å²) in [5.41, 5.74) is 3.09. The number of hydrogen-bond acceptors (Lipinski definition) is 2.